The van der Waals surface area contributed by atoms with Crippen LogP contribution >= 0.6 is 12.4 Å². The first kappa shape index (κ1) is 11.9. The van der Waals surface area contributed by atoms with E-state index in [9.17, 15) is 10.1 Å². The average molecular weight is 229 g/mol. The molecule has 5 heteroatoms. The van der Waals surface area contributed by atoms with Crippen molar-refractivity contribution >= 4 is 18.1 Å². The van der Waals surface area contributed by atoms with Crippen molar-refractivity contribution in [2.75, 3.05) is 0 Å². The van der Waals surface area contributed by atoms with Crippen LogP contribution in [-0.2, 0) is 6.42 Å². The molecule has 4 nitrogen and oxygen atoms in total. The van der Waals surface area contributed by atoms with Crippen molar-refractivity contribution in [1.82, 2.24) is 0 Å². The number of nitro groups is 1. The molecule has 0 aliphatic heterocycles. The minimum atomic E-state index is -0.323. The molecule has 1 aromatic rings. The molecule has 0 radical (unpaired) electrons. The quantitative estimate of drug-likeness (QED) is 0.593. The van der Waals surface area contributed by atoms with Crippen molar-refractivity contribution in [2.45, 2.75) is 25.3 Å². The average Bonchev–Trinajstić information content (AvgIpc) is 2.17. The maximum absolute atomic E-state index is 10.7. The predicted molar refractivity (Wildman–Crippen MR) is 60.2 cm³/mol. The summed E-state index contributed by atoms with van der Waals surface area (Å²) in [6, 6.07) is 5.13. The van der Waals surface area contributed by atoms with Gasteiger partial charge in [-0.3, -0.25) is 10.1 Å². The van der Waals surface area contributed by atoms with Crippen molar-refractivity contribution in [3.8, 4) is 0 Å². The van der Waals surface area contributed by atoms with Crippen LogP contribution in [0.4, 0.5) is 5.69 Å². The number of nitro benzene ring substituents is 1. The Hall–Kier alpha value is -1.13. The fourth-order valence-corrected chi connectivity index (χ4v) is 2.04. The summed E-state index contributed by atoms with van der Waals surface area (Å²) >= 11 is 0. The normalized spacial score (nSPS) is 18.9. The van der Waals surface area contributed by atoms with E-state index in [0.29, 0.717) is 0 Å². The van der Waals surface area contributed by atoms with Gasteiger partial charge in [0.05, 0.1) is 4.92 Å². The lowest BCUT2D eigenvalue weighted by atomic mass is 9.87. The SMILES string of the molecule is Cl.N[C@@H]1CCCc2c1cccc2[N+](=O)[O-]. The van der Waals surface area contributed by atoms with Crippen LogP contribution < -0.4 is 5.73 Å². The number of hydrogen-bond donors (Lipinski definition) is 1. The zero-order valence-electron chi connectivity index (χ0n) is 8.18. The summed E-state index contributed by atoms with van der Waals surface area (Å²) in [6.45, 7) is 0. The lowest BCUT2D eigenvalue weighted by Gasteiger charge is -2.21. The summed E-state index contributed by atoms with van der Waals surface area (Å²) in [5.74, 6) is 0. The fourth-order valence-electron chi connectivity index (χ4n) is 2.04. The molecular formula is C10H13ClN2O2. The first-order valence-corrected chi connectivity index (χ1v) is 4.72. The lowest BCUT2D eigenvalue weighted by Crippen LogP contribution is -2.18. The largest absolute Gasteiger partial charge is 0.324 e. The van der Waals surface area contributed by atoms with Gasteiger partial charge < -0.3 is 5.73 Å². The lowest BCUT2D eigenvalue weighted by molar-refractivity contribution is -0.385. The molecule has 0 unspecified atom stereocenters. The van der Waals surface area contributed by atoms with Crippen molar-refractivity contribution in [3.63, 3.8) is 0 Å². The second-order valence-electron chi connectivity index (χ2n) is 3.60. The molecule has 1 aromatic carbocycles. The Morgan fingerprint density at radius 3 is 2.87 bits per heavy atom. The van der Waals surface area contributed by atoms with E-state index in [1.807, 2.05) is 6.07 Å². The van der Waals surface area contributed by atoms with Crippen LogP contribution in [0.3, 0.4) is 0 Å². The van der Waals surface area contributed by atoms with Gasteiger partial charge in [0.25, 0.3) is 5.69 Å². The summed E-state index contributed by atoms with van der Waals surface area (Å²) < 4.78 is 0. The monoisotopic (exact) mass is 228 g/mol. The second-order valence-corrected chi connectivity index (χ2v) is 3.60. The fraction of sp³-hybridized carbons (Fsp3) is 0.400. The van der Waals surface area contributed by atoms with Crippen LogP contribution in [0, 0.1) is 10.1 Å². The Balaban J connectivity index is 0.00000112. The Morgan fingerprint density at radius 1 is 1.47 bits per heavy atom. The third kappa shape index (κ3) is 2.11. The number of fused-ring (bicyclic) bond motifs is 1. The number of nitrogens with zero attached hydrogens (tertiary/aromatic N) is 1. The number of hydrogen-bond acceptors (Lipinski definition) is 3. The smallest absolute Gasteiger partial charge is 0.272 e. The van der Waals surface area contributed by atoms with Gasteiger partial charge in [0.2, 0.25) is 0 Å². The van der Waals surface area contributed by atoms with Gasteiger partial charge in [0.15, 0.2) is 0 Å². The molecule has 2 rings (SSSR count). The molecule has 1 aliphatic rings. The number of rotatable bonds is 1. The summed E-state index contributed by atoms with van der Waals surface area (Å²) in [5.41, 5.74) is 7.89. The van der Waals surface area contributed by atoms with E-state index in [1.54, 1.807) is 12.1 Å². The summed E-state index contributed by atoms with van der Waals surface area (Å²) in [6.07, 6.45) is 2.65. The highest BCUT2D eigenvalue weighted by Gasteiger charge is 2.23. The van der Waals surface area contributed by atoms with Crippen LogP contribution in [0.25, 0.3) is 0 Å². The highest BCUT2D eigenvalue weighted by Crippen LogP contribution is 2.33. The summed E-state index contributed by atoms with van der Waals surface area (Å²) in [4.78, 5) is 10.4. The van der Waals surface area contributed by atoms with Crippen molar-refractivity contribution < 1.29 is 4.92 Å². The van der Waals surface area contributed by atoms with E-state index in [0.717, 1.165) is 30.4 Å². The molecule has 82 valence electrons. The van der Waals surface area contributed by atoms with E-state index >= 15 is 0 Å². The van der Waals surface area contributed by atoms with E-state index in [1.165, 1.54) is 0 Å². The topological polar surface area (TPSA) is 69.2 Å². The molecule has 0 bridgehead atoms. The van der Waals surface area contributed by atoms with Crippen LogP contribution in [0.5, 0.6) is 0 Å². The van der Waals surface area contributed by atoms with Crippen LogP contribution in [0.2, 0.25) is 0 Å². The Kier molecular flexibility index (Phi) is 3.66. The molecule has 0 fully saturated rings. The molecule has 0 saturated heterocycles. The number of halogens is 1. The van der Waals surface area contributed by atoms with E-state index in [4.69, 9.17) is 5.73 Å². The molecule has 0 amide bonds. The highest BCUT2D eigenvalue weighted by atomic mass is 35.5. The Labute approximate surface area is 94.0 Å². The van der Waals surface area contributed by atoms with Gasteiger partial charge in [-0.1, -0.05) is 12.1 Å². The van der Waals surface area contributed by atoms with Crippen LogP contribution in [0.15, 0.2) is 18.2 Å². The molecule has 0 heterocycles. The third-order valence-electron chi connectivity index (χ3n) is 2.73. The minimum absolute atomic E-state index is 0. The van der Waals surface area contributed by atoms with Crippen molar-refractivity contribution in [3.05, 3.63) is 39.4 Å². The van der Waals surface area contributed by atoms with Gasteiger partial charge in [-0.05, 0) is 24.8 Å². The Morgan fingerprint density at radius 2 is 2.20 bits per heavy atom. The molecule has 0 aromatic heterocycles. The van der Waals surface area contributed by atoms with Crippen LogP contribution in [-0.4, -0.2) is 4.92 Å². The number of benzene rings is 1. The first-order chi connectivity index (χ1) is 6.70. The van der Waals surface area contributed by atoms with Gasteiger partial charge in [-0.2, -0.15) is 0 Å². The predicted octanol–water partition coefficient (Wildman–Crippen LogP) is 2.35. The standard InChI is InChI=1S/C10H12N2O2.ClH/c11-9-5-1-4-8-7(9)3-2-6-10(8)12(13)14;/h2-3,6,9H,1,4-5,11H2;1H/t9-;/m1./s1. The molecule has 15 heavy (non-hydrogen) atoms. The molecule has 2 N–H and O–H groups in total. The minimum Gasteiger partial charge on any atom is -0.324 e. The number of nitrogens with two attached hydrogens (primary N) is 1. The zero-order valence-corrected chi connectivity index (χ0v) is 9.00. The molecule has 1 atom stereocenters. The van der Waals surface area contributed by atoms with Gasteiger partial charge in [-0.15, -0.1) is 12.4 Å². The molecule has 0 saturated carbocycles. The molecule has 1 aliphatic carbocycles. The maximum Gasteiger partial charge on any atom is 0.272 e. The second kappa shape index (κ2) is 4.59. The van der Waals surface area contributed by atoms with Crippen LogP contribution in [0.1, 0.15) is 30.0 Å². The Bertz CT molecular complexity index is 382. The van der Waals surface area contributed by atoms with E-state index in [2.05, 4.69) is 0 Å². The van der Waals surface area contributed by atoms with Crippen molar-refractivity contribution in [2.24, 2.45) is 5.73 Å². The van der Waals surface area contributed by atoms with Gasteiger partial charge >= 0.3 is 0 Å². The molecule has 0 spiro atoms. The first-order valence-electron chi connectivity index (χ1n) is 4.72. The summed E-state index contributed by atoms with van der Waals surface area (Å²) in [7, 11) is 0. The van der Waals surface area contributed by atoms with Gasteiger partial charge in [-0.25, -0.2) is 0 Å². The summed E-state index contributed by atoms with van der Waals surface area (Å²) in [5, 5.41) is 10.7. The van der Waals surface area contributed by atoms with Gasteiger partial charge in [0, 0.05) is 17.7 Å². The maximum atomic E-state index is 10.7. The van der Waals surface area contributed by atoms with E-state index in [-0.39, 0.29) is 29.1 Å². The van der Waals surface area contributed by atoms with Crippen molar-refractivity contribution in [1.29, 1.82) is 0 Å². The zero-order chi connectivity index (χ0) is 10.1. The molecular weight excluding hydrogens is 216 g/mol. The van der Waals surface area contributed by atoms with E-state index < -0.39 is 0 Å². The highest BCUT2D eigenvalue weighted by molar-refractivity contribution is 5.85. The third-order valence-corrected chi connectivity index (χ3v) is 2.73. The van der Waals surface area contributed by atoms with Gasteiger partial charge in [0.1, 0.15) is 0 Å².